The first kappa shape index (κ1) is 15.9. The van der Waals surface area contributed by atoms with Crippen LogP contribution in [0.15, 0.2) is 30.3 Å². The normalized spacial score (nSPS) is 29.1. The minimum absolute atomic E-state index is 0.0566. The van der Waals surface area contributed by atoms with Crippen LogP contribution in [0.3, 0.4) is 0 Å². The van der Waals surface area contributed by atoms with E-state index in [1.165, 1.54) is 7.11 Å². The fraction of sp³-hybridized carbons (Fsp3) is 0.533. The molecule has 1 saturated heterocycles. The van der Waals surface area contributed by atoms with Crippen LogP contribution in [0.4, 0.5) is 0 Å². The Balaban J connectivity index is 1.88. The topological polar surface area (TPSA) is 74.2 Å². The van der Waals surface area contributed by atoms with E-state index in [2.05, 4.69) is 0 Å². The van der Waals surface area contributed by atoms with Gasteiger partial charge in [0.25, 0.3) is 0 Å². The second-order valence-corrected chi connectivity index (χ2v) is 4.82. The Morgan fingerprint density at radius 1 is 1.29 bits per heavy atom. The summed E-state index contributed by atoms with van der Waals surface area (Å²) in [6.07, 6.45) is -1.90. The smallest absolute Gasteiger partial charge is 0.338 e. The van der Waals surface area contributed by atoms with E-state index in [1.54, 1.807) is 31.4 Å². The first-order valence-electron chi connectivity index (χ1n) is 6.77. The van der Waals surface area contributed by atoms with Crippen LogP contribution in [0.25, 0.3) is 0 Å². The molecule has 0 amide bonds. The molecule has 4 atom stereocenters. The first-order chi connectivity index (χ1) is 10.2. The van der Waals surface area contributed by atoms with Gasteiger partial charge in [0, 0.05) is 20.6 Å². The predicted molar refractivity (Wildman–Crippen MR) is 73.8 cm³/mol. The molecule has 1 aliphatic heterocycles. The maximum Gasteiger partial charge on any atom is 0.338 e. The molecule has 0 unspecified atom stereocenters. The van der Waals surface area contributed by atoms with E-state index < -0.39 is 24.5 Å². The van der Waals surface area contributed by atoms with Gasteiger partial charge in [-0.1, -0.05) is 18.2 Å². The van der Waals surface area contributed by atoms with Crippen molar-refractivity contribution in [1.29, 1.82) is 0 Å². The second kappa shape index (κ2) is 7.51. The van der Waals surface area contributed by atoms with Crippen molar-refractivity contribution in [3.8, 4) is 0 Å². The molecule has 116 valence electrons. The summed E-state index contributed by atoms with van der Waals surface area (Å²) >= 11 is 0. The Morgan fingerprint density at radius 3 is 2.62 bits per heavy atom. The average Bonchev–Trinajstić information content (AvgIpc) is 2.52. The molecule has 0 radical (unpaired) electrons. The standard InChI is InChI=1S/C15H20O6/c1-18-12-8-11(21-15(17)13(12)19-2)9-20-14(16)10-6-4-3-5-7-10/h3-7,11-13,15,17H,8-9H2,1-2H3/t11-,12-,13+,15-/m0/s1. The third-order valence-corrected chi connectivity index (χ3v) is 3.46. The lowest BCUT2D eigenvalue weighted by Gasteiger charge is -2.37. The van der Waals surface area contributed by atoms with Crippen LogP contribution in [-0.2, 0) is 18.9 Å². The average molecular weight is 296 g/mol. The number of hydrogen-bond acceptors (Lipinski definition) is 6. The molecule has 0 spiro atoms. The highest BCUT2D eigenvalue weighted by molar-refractivity contribution is 5.89. The van der Waals surface area contributed by atoms with Crippen molar-refractivity contribution in [3.05, 3.63) is 35.9 Å². The SMILES string of the molecule is CO[C@@H]1[C@@H](OC)C[C@@H](COC(=O)c2ccccc2)O[C@@H]1O. The number of carbonyl (C=O) groups excluding carboxylic acids is 1. The van der Waals surface area contributed by atoms with Crippen molar-refractivity contribution in [1.82, 2.24) is 0 Å². The van der Waals surface area contributed by atoms with E-state index in [-0.39, 0.29) is 12.7 Å². The summed E-state index contributed by atoms with van der Waals surface area (Å²) in [5.41, 5.74) is 0.479. The molecule has 6 heteroatoms. The third kappa shape index (κ3) is 4.01. The van der Waals surface area contributed by atoms with Gasteiger partial charge in [0.2, 0.25) is 0 Å². The van der Waals surface area contributed by atoms with E-state index in [0.717, 1.165) is 0 Å². The van der Waals surface area contributed by atoms with Crippen LogP contribution in [0.5, 0.6) is 0 Å². The number of esters is 1. The molecule has 1 heterocycles. The van der Waals surface area contributed by atoms with Gasteiger partial charge in [-0.3, -0.25) is 0 Å². The van der Waals surface area contributed by atoms with E-state index in [1.807, 2.05) is 6.07 Å². The number of carbonyl (C=O) groups is 1. The predicted octanol–water partition coefficient (Wildman–Crippen LogP) is 0.981. The van der Waals surface area contributed by atoms with Gasteiger partial charge >= 0.3 is 5.97 Å². The molecule has 6 nitrogen and oxygen atoms in total. The number of benzene rings is 1. The molecule has 1 aromatic rings. The summed E-state index contributed by atoms with van der Waals surface area (Å²) in [6, 6.07) is 8.71. The molecule has 2 rings (SSSR count). The van der Waals surface area contributed by atoms with Crippen molar-refractivity contribution in [2.75, 3.05) is 20.8 Å². The molecular formula is C15H20O6. The first-order valence-corrected chi connectivity index (χ1v) is 6.77. The van der Waals surface area contributed by atoms with E-state index >= 15 is 0 Å². The van der Waals surface area contributed by atoms with Crippen molar-refractivity contribution in [2.45, 2.75) is 31.0 Å². The number of ether oxygens (including phenoxy) is 4. The fourth-order valence-electron chi connectivity index (χ4n) is 2.34. The highest BCUT2D eigenvalue weighted by Crippen LogP contribution is 2.23. The molecule has 0 bridgehead atoms. The number of hydrogen-bond donors (Lipinski definition) is 1. The highest BCUT2D eigenvalue weighted by atomic mass is 16.7. The van der Waals surface area contributed by atoms with Crippen LogP contribution in [0, 0.1) is 0 Å². The van der Waals surface area contributed by atoms with Crippen LogP contribution in [0.1, 0.15) is 16.8 Å². The maximum absolute atomic E-state index is 11.8. The zero-order chi connectivity index (χ0) is 15.2. The van der Waals surface area contributed by atoms with Gasteiger partial charge in [-0.05, 0) is 12.1 Å². The molecule has 1 aliphatic rings. The van der Waals surface area contributed by atoms with Gasteiger partial charge in [0.1, 0.15) is 12.7 Å². The minimum atomic E-state index is -1.10. The van der Waals surface area contributed by atoms with E-state index in [4.69, 9.17) is 18.9 Å². The van der Waals surface area contributed by atoms with Gasteiger partial charge in [0.15, 0.2) is 6.29 Å². The lowest BCUT2D eigenvalue weighted by atomic mass is 10.0. The molecule has 0 aromatic heterocycles. The summed E-state index contributed by atoms with van der Waals surface area (Å²) < 4.78 is 21.0. The zero-order valence-electron chi connectivity index (χ0n) is 12.1. The lowest BCUT2D eigenvalue weighted by molar-refractivity contribution is -0.262. The second-order valence-electron chi connectivity index (χ2n) is 4.82. The Bertz CT molecular complexity index is 449. The van der Waals surface area contributed by atoms with Gasteiger partial charge in [-0.15, -0.1) is 0 Å². The number of aliphatic hydroxyl groups excluding tert-OH is 1. The van der Waals surface area contributed by atoms with E-state index in [9.17, 15) is 9.90 Å². The van der Waals surface area contributed by atoms with Crippen LogP contribution >= 0.6 is 0 Å². The molecule has 1 aromatic carbocycles. The van der Waals surface area contributed by atoms with Crippen LogP contribution in [0.2, 0.25) is 0 Å². The fourth-order valence-corrected chi connectivity index (χ4v) is 2.34. The van der Waals surface area contributed by atoms with Gasteiger partial charge < -0.3 is 24.1 Å². The van der Waals surface area contributed by atoms with Crippen molar-refractivity contribution < 1.29 is 28.8 Å². The molecule has 21 heavy (non-hydrogen) atoms. The minimum Gasteiger partial charge on any atom is -0.459 e. The lowest BCUT2D eigenvalue weighted by Crippen LogP contribution is -2.51. The summed E-state index contributed by atoms with van der Waals surface area (Å²) in [5.74, 6) is -0.420. The quantitative estimate of drug-likeness (QED) is 0.817. The third-order valence-electron chi connectivity index (χ3n) is 3.46. The van der Waals surface area contributed by atoms with Crippen LogP contribution in [-0.4, -0.2) is 56.5 Å². The van der Waals surface area contributed by atoms with Gasteiger partial charge in [0.05, 0.1) is 17.8 Å². The van der Waals surface area contributed by atoms with Gasteiger partial charge in [-0.2, -0.15) is 0 Å². The van der Waals surface area contributed by atoms with Gasteiger partial charge in [-0.25, -0.2) is 4.79 Å². The molecule has 0 aliphatic carbocycles. The summed E-state index contributed by atoms with van der Waals surface area (Å²) in [7, 11) is 3.03. The maximum atomic E-state index is 11.8. The molecule has 1 N–H and O–H groups in total. The Labute approximate surface area is 123 Å². The summed E-state index contributed by atoms with van der Waals surface area (Å²) in [5, 5.41) is 9.86. The van der Waals surface area contributed by atoms with Crippen LogP contribution < -0.4 is 0 Å². The summed E-state index contributed by atoms with van der Waals surface area (Å²) in [6.45, 7) is 0.0566. The number of aliphatic hydroxyl groups is 1. The molecule has 1 fully saturated rings. The summed E-state index contributed by atoms with van der Waals surface area (Å²) in [4.78, 5) is 11.8. The Kier molecular flexibility index (Phi) is 5.69. The van der Waals surface area contributed by atoms with Crippen molar-refractivity contribution in [3.63, 3.8) is 0 Å². The Hall–Kier alpha value is -1.47. The van der Waals surface area contributed by atoms with Crippen molar-refractivity contribution in [2.24, 2.45) is 0 Å². The highest BCUT2D eigenvalue weighted by Gasteiger charge is 2.38. The zero-order valence-corrected chi connectivity index (χ0v) is 12.1. The number of rotatable bonds is 5. The van der Waals surface area contributed by atoms with Crippen molar-refractivity contribution >= 4 is 5.97 Å². The molecule has 0 saturated carbocycles. The molecular weight excluding hydrogens is 276 g/mol. The van der Waals surface area contributed by atoms with E-state index in [0.29, 0.717) is 12.0 Å². The monoisotopic (exact) mass is 296 g/mol. The Morgan fingerprint density at radius 2 is 2.00 bits per heavy atom. The largest absolute Gasteiger partial charge is 0.459 e. The number of methoxy groups -OCH3 is 2.